The Kier molecular flexibility index (Phi) is 2.76. The fraction of sp³-hybridized carbons (Fsp3) is 0.538. The van der Waals surface area contributed by atoms with Gasteiger partial charge < -0.3 is 5.32 Å². The number of hydrogen-bond acceptors (Lipinski definition) is 1. The topological polar surface area (TPSA) is 12.0 Å². The first-order valence-corrected chi connectivity index (χ1v) is 5.69. The number of benzene rings is 1. The normalized spacial score (nSPS) is 25.3. The smallest absolute Gasteiger partial charge is 0.0375 e. The average Bonchev–Trinajstić information content (AvgIpc) is 2.27. The van der Waals surface area contributed by atoms with Gasteiger partial charge in [-0.3, -0.25) is 0 Å². The third-order valence-corrected chi connectivity index (χ3v) is 3.37. The van der Waals surface area contributed by atoms with Gasteiger partial charge in [0.1, 0.15) is 0 Å². The summed E-state index contributed by atoms with van der Waals surface area (Å²) in [5, 5.41) is 3.65. The van der Waals surface area contributed by atoms with Crippen LogP contribution in [0.15, 0.2) is 24.3 Å². The van der Waals surface area contributed by atoms with Gasteiger partial charge in [0.15, 0.2) is 0 Å². The van der Waals surface area contributed by atoms with Gasteiger partial charge in [-0.15, -0.1) is 0 Å². The number of fused-ring (bicyclic) bond motifs is 1. The molecular weight excluding hydrogens is 170 g/mol. The molecule has 0 spiro atoms. The molecule has 1 aliphatic heterocycles. The zero-order valence-electron chi connectivity index (χ0n) is 9.09. The maximum Gasteiger partial charge on any atom is 0.0375 e. The zero-order valence-corrected chi connectivity index (χ0v) is 9.09. The van der Waals surface area contributed by atoms with Crippen LogP contribution in [-0.2, 0) is 6.42 Å². The summed E-state index contributed by atoms with van der Waals surface area (Å²) in [6.07, 6.45) is 3.75. The van der Waals surface area contributed by atoms with Crippen LogP contribution in [0.1, 0.15) is 32.3 Å². The van der Waals surface area contributed by atoms with Crippen LogP contribution >= 0.6 is 0 Å². The van der Waals surface area contributed by atoms with E-state index in [1.54, 1.807) is 0 Å². The minimum Gasteiger partial charge on any atom is -0.382 e. The van der Waals surface area contributed by atoms with Gasteiger partial charge in [-0.1, -0.05) is 38.5 Å². The van der Waals surface area contributed by atoms with Crippen molar-refractivity contribution >= 4 is 5.69 Å². The molecule has 0 fully saturated rings. The molecule has 1 aromatic carbocycles. The lowest BCUT2D eigenvalue weighted by atomic mass is 9.84. The quantitative estimate of drug-likeness (QED) is 0.751. The molecule has 1 N–H and O–H groups in total. The van der Waals surface area contributed by atoms with Gasteiger partial charge in [0.25, 0.3) is 0 Å². The molecule has 2 rings (SSSR count). The van der Waals surface area contributed by atoms with Gasteiger partial charge in [-0.05, 0) is 30.4 Å². The van der Waals surface area contributed by atoms with E-state index in [1.807, 2.05) is 0 Å². The first-order valence-electron chi connectivity index (χ1n) is 5.69. The van der Waals surface area contributed by atoms with Crippen molar-refractivity contribution in [3.63, 3.8) is 0 Å². The molecule has 0 aromatic heterocycles. The Hall–Kier alpha value is -0.980. The summed E-state index contributed by atoms with van der Waals surface area (Å²) in [6.45, 7) is 4.57. The van der Waals surface area contributed by atoms with Crippen LogP contribution in [0.2, 0.25) is 0 Å². The summed E-state index contributed by atoms with van der Waals surface area (Å²) < 4.78 is 0. The largest absolute Gasteiger partial charge is 0.382 e. The zero-order chi connectivity index (χ0) is 9.97. The van der Waals surface area contributed by atoms with E-state index >= 15 is 0 Å². The van der Waals surface area contributed by atoms with Crippen molar-refractivity contribution in [3.8, 4) is 0 Å². The lowest BCUT2D eigenvalue weighted by molar-refractivity contribution is 0.406. The Balaban J connectivity index is 2.25. The molecule has 1 nitrogen and oxygen atoms in total. The molecule has 0 aliphatic carbocycles. The van der Waals surface area contributed by atoms with Crippen LogP contribution in [0.3, 0.4) is 0 Å². The minimum atomic E-state index is 0.676. The molecule has 1 aromatic rings. The summed E-state index contributed by atoms with van der Waals surface area (Å²) >= 11 is 0. The highest BCUT2D eigenvalue weighted by atomic mass is 14.9. The monoisotopic (exact) mass is 189 g/mol. The third-order valence-electron chi connectivity index (χ3n) is 3.37. The molecule has 0 saturated carbocycles. The van der Waals surface area contributed by atoms with Crippen molar-refractivity contribution in [2.24, 2.45) is 5.92 Å². The van der Waals surface area contributed by atoms with E-state index in [4.69, 9.17) is 0 Å². The van der Waals surface area contributed by atoms with Gasteiger partial charge in [0.05, 0.1) is 0 Å². The fourth-order valence-corrected chi connectivity index (χ4v) is 2.45. The lowest BCUT2D eigenvalue weighted by Gasteiger charge is -2.33. The standard InChI is InChI=1S/C13H19N/c1-3-10-9-11-7-5-6-8-13(11)14-12(10)4-2/h5-8,10,12,14H,3-4,9H2,1-2H3/t10?,12-/m0/s1. The van der Waals surface area contributed by atoms with E-state index in [9.17, 15) is 0 Å². The first kappa shape index (κ1) is 9.57. The predicted octanol–water partition coefficient (Wildman–Crippen LogP) is 3.46. The van der Waals surface area contributed by atoms with Gasteiger partial charge >= 0.3 is 0 Å². The molecule has 0 amide bonds. The van der Waals surface area contributed by atoms with E-state index in [-0.39, 0.29) is 0 Å². The number of nitrogens with one attached hydrogen (secondary N) is 1. The second-order valence-corrected chi connectivity index (χ2v) is 4.19. The van der Waals surface area contributed by atoms with Crippen molar-refractivity contribution in [2.45, 2.75) is 39.2 Å². The molecule has 1 heteroatoms. The Morgan fingerprint density at radius 2 is 2.00 bits per heavy atom. The molecular formula is C13H19N. The van der Waals surface area contributed by atoms with Crippen LogP contribution in [0.25, 0.3) is 0 Å². The summed E-state index contributed by atoms with van der Waals surface area (Å²) in [6, 6.07) is 9.38. The fourth-order valence-electron chi connectivity index (χ4n) is 2.45. The predicted molar refractivity (Wildman–Crippen MR) is 61.6 cm³/mol. The van der Waals surface area contributed by atoms with Crippen LogP contribution in [0.5, 0.6) is 0 Å². The molecule has 1 unspecified atom stereocenters. The molecule has 1 heterocycles. The number of para-hydroxylation sites is 1. The van der Waals surface area contributed by atoms with Gasteiger partial charge in [0.2, 0.25) is 0 Å². The van der Waals surface area contributed by atoms with Crippen molar-refractivity contribution < 1.29 is 0 Å². The maximum absolute atomic E-state index is 3.65. The third kappa shape index (κ3) is 1.63. The summed E-state index contributed by atoms with van der Waals surface area (Å²) in [5.74, 6) is 0.815. The summed E-state index contributed by atoms with van der Waals surface area (Å²) in [4.78, 5) is 0. The molecule has 76 valence electrons. The van der Waals surface area contributed by atoms with Crippen molar-refractivity contribution in [1.82, 2.24) is 0 Å². The van der Waals surface area contributed by atoms with Crippen LogP contribution < -0.4 is 5.32 Å². The highest BCUT2D eigenvalue weighted by Gasteiger charge is 2.24. The van der Waals surface area contributed by atoms with Crippen molar-refractivity contribution in [2.75, 3.05) is 5.32 Å². The Labute approximate surface area is 86.5 Å². The SMILES string of the molecule is CCC1Cc2ccccc2N[C@H]1CC. The summed E-state index contributed by atoms with van der Waals surface area (Å²) in [7, 11) is 0. The van der Waals surface area contributed by atoms with Gasteiger partial charge in [0, 0.05) is 11.7 Å². The number of anilines is 1. The lowest BCUT2D eigenvalue weighted by Crippen LogP contribution is -2.34. The highest BCUT2D eigenvalue weighted by Crippen LogP contribution is 2.30. The molecule has 0 bridgehead atoms. The molecule has 1 aliphatic rings. The molecule has 0 radical (unpaired) electrons. The molecule has 0 saturated heterocycles. The van der Waals surface area contributed by atoms with Crippen LogP contribution in [0.4, 0.5) is 5.69 Å². The van der Waals surface area contributed by atoms with Crippen LogP contribution in [0, 0.1) is 5.92 Å². The maximum atomic E-state index is 3.65. The van der Waals surface area contributed by atoms with E-state index in [0.717, 1.165) is 5.92 Å². The van der Waals surface area contributed by atoms with Gasteiger partial charge in [-0.25, -0.2) is 0 Å². The Bertz CT molecular complexity index is 275. The molecule has 2 atom stereocenters. The Morgan fingerprint density at radius 3 is 2.71 bits per heavy atom. The minimum absolute atomic E-state index is 0.676. The van der Waals surface area contributed by atoms with E-state index in [1.165, 1.54) is 30.5 Å². The number of hydrogen-bond donors (Lipinski definition) is 1. The van der Waals surface area contributed by atoms with E-state index in [0.29, 0.717) is 6.04 Å². The van der Waals surface area contributed by atoms with E-state index < -0.39 is 0 Å². The second-order valence-electron chi connectivity index (χ2n) is 4.19. The van der Waals surface area contributed by atoms with Crippen LogP contribution in [-0.4, -0.2) is 6.04 Å². The average molecular weight is 189 g/mol. The Morgan fingerprint density at radius 1 is 1.21 bits per heavy atom. The first-order chi connectivity index (χ1) is 6.85. The molecule has 14 heavy (non-hydrogen) atoms. The van der Waals surface area contributed by atoms with Gasteiger partial charge in [-0.2, -0.15) is 0 Å². The second kappa shape index (κ2) is 4.04. The van der Waals surface area contributed by atoms with Crippen molar-refractivity contribution in [3.05, 3.63) is 29.8 Å². The number of rotatable bonds is 2. The van der Waals surface area contributed by atoms with E-state index in [2.05, 4.69) is 43.4 Å². The van der Waals surface area contributed by atoms with Crippen molar-refractivity contribution in [1.29, 1.82) is 0 Å². The highest BCUT2D eigenvalue weighted by molar-refractivity contribution is 5.54. The summed E-state index contributed by atoms with van der Waals surface area (Å²) in [5.41, 5.74) is 2.84.